The molecule has 5 heteroatoms. The molecule has 0 aliphatic rings. The van der Waals surface area contributed by atoms with Crippen LogP contribution in [0.5, 0.6) is 5.75 Å². The van der Waals surface area contributed by atoms with Crippen molar-refractivity contribution >= 4 is 0 Å². The lowest BCUT2D eigenvalue weighted by atomic mass is 10.2. The van der Waals surface area contributed by atoms with Gasteiger partial charge in [-0.05, 0) is 25.1 Å². The monoisotopic (exact) mass is 268 g/mol. The van der Waals surface area contributed by atoms with E-state index in [9.17, 15) is 9.90 Å². The molecule has 0 fully saturated rings. The van der Waals surface area contributed by atoms with E-state index in [-0.39, 0.29) is 11.3 Å². The Bertz CT molecular complexity index is 803. The van der Waals surface area contributed by atoms with Crippen molar-refractivity contribution < 1.29 is 9.52 Å². The number of nitrogens with zero attached hydrogens (tertiary/aromatic N) is 2. The number of hydrogen-bond donors (Lipinski definition) is 1. The van der Waals surface area contributed by atoms with Gasteiger partial charge in [0.05, 0.1) is 5.69 Å². The van der Waals surface area contributed by atoms with Crippen LogP contribution in [-0.4, -0.2) is 14.9 Å². The second-order valence-corrected chi connectivity index (χ2v) is 4.39. The van der Waals surface area contributed by atoms with Crippen molar-refractivity contribution in [2.45, 2.75) is 6.92 Å². The molecule has 1 aromatic carbocycles. The third-order valence-corrected chi connectivity index (χ3v) is 2.92. The van der Waals surface area contributed by atoms with E-state index in [0.29, 0.717) is 11.5 Å². The van der Waals surface area contributed by atoms with Crippen LogP contribution in [0.15, 0.2) is 57.9 Å². The molecule has 0 bridgehead atoms. The lowest BCUT2D eigenvalue weighted by molar-refractivity contribution is 0.438. The highest BCUT2D eigenvalue weighted by Gasteiger charge is 2.15. The summed E-state index contributed by atoms with van der Waals surface area (Å²) in [6, 6.07) is 12.6. The van der Waals surface area contributed by atoms with Crippen LogP contribution in [0, 0.1) is 6.92 Å². The maximum Gasteiger partial charge on any atom is 0.349 e. The van der Waals surface area contributed by atoms with Crippen LogP contribution in [0.1, 0.15) is 5.76 Å². The summed E-state index contributed by atoms with van der Waals surface area (Å²) in [4.78, 5) is 11.8. The van der Waals surface area contributed by atoms with Crippen LogP contribution in [0.2, 0.25) is 0 Å². The first-order valence-corrected chi connectivity index (χ1v) is 6.10. The van der Waals surface area contributed by atoms with Gasteiger partial charge in [0.25, 0.3) is 0 Å². The molecule has 3 rings (SSSR count). The molecular formula is C15H12N2O3. The predicted molar refractivity (Wildman–Crippen MR) is 73.9 cm³/mol. The van der Waals surface area contributed by atoms with Crippen molar-refractivity contribution in [3.05, 3.63) is 64.8 Å². The summed E-state index contributed by atoms with van der Waals surface area (Å²) in [5, 5.41) is 14.2. The van der Waals surface area contributed by atoms with E-state index in [1.807, 2.05) is 30.3 Å². The van der Waals surface area contributed by atoms with Crippen molar-refractivity contribution in [1.29, 1.82) is 0 Å². The number of aryl methyl sites for hydroxylation is 1. The number of aromatic hydroxyl groups is 1. The standard InChI is InChI=1S/C15H12N2O3/c1-10-9-13(18)14(15(19)20-10)12-7-8-17(16-12)11-5-3-2-4-6-11/h2-9,18H,1H3. The fraction of sp³-hybridized carbons (Fsp3) is 0.0667. The summed E-state index contributed by atoms with van der Waals surface area (Å²) >= 11 is 0. The van der Waals surface area contributed by atoms with E-state index in [1.54, 1.807) is 23.9 Å². The molecular weight excluding hydrogens is 256 g/mol. The maximum absolute atomic E-state index is 11.8. The quantitative estimate of drug-likeness (QED) is 0.775. The third kappa shape index (κ3) is 2.09. The summed E-state index contributed by atoms with van der Waals surface area (Å²) in [5.41, 5.74) is 0.723. The minimum atomic E-state index is -0.596. The molecule has 1 N–H and O–H groups in total. The second-order valence-electron chi connectivity index (χ2n) is 4.39. The predicted octanol–water partition coefficient (Wildman–Crippen LogP) is 2.51. The third-order valence-electron chi connectivity index (χ3n) is 2.92. The minimum Gasteiger partial charge on any atom is -0.507 e. The van der Waals surface area contributed by atoms with Crippen molar-refractivity contribution in [2.24, 2.45) is 0 Å². The van der Waals surface area contributed by atoms with Crippen molar-refractivity contribution in [3.8, 4) is 22.7 Å². The Labute approximate surface area is 114 Å². The van der Waals surface area contributed by atoms with Gasteiger partial charge in [-0.15, -0.1) is 0 Å². The molecule has 2 heterocycles. The Morgan fingerprint density at radius 2 is 1.95 bits per heavy atom. The Balaban J connectivity index is 2.10. The molecule has 0 spiro atoms. The van der Waals surface area contributed by atoms with Crippen LogP contribution >= 0.6 is 0 Å². The zero-order valence-electron chi connectivity index (χ0n) is 10.8. The first-order chi connectivity index (χ1) is 9.65. The van der Waals surface area contributed by atoms with E-state index in [1.165, 1.54) is 6.07 Å². The Kier molecular flexibility index (Phi) is 2.87. The lowest BCUT2D eigenvalue weighted by Gasteiger charge is -2.02. The SMILES string of the molecule is Cc1cc(O)c(-c2ccn(-c3ccccc3)n2)c(=O)o1. The van der Waals surface area contributed by atoms with Gasteiger partial charge in [0, 0.05) is 12.3 Å². The molecule has 0 atom stereocenters. The van der Waals surface area contributed by atoms with Crippen LogP contribution in [0.25, 0.3) is 16.9 Å². The van der Waals surface area contributed by atoms with Gasteiger partial charge in [-0.3, -0.25) is 0 Å². The van der Waals surface area contributed by atoms with Gasteiger partial charge in [0.1, 0.15) is 22.8 Å². The van der Waals surface area contributed by atoms with Gasteiger partial charge in [0.15, 0.2) is 0 Å². The van der Waals surface area contributed by atoms with Gasteiger partial charge in [-0.25, -0.2) is 9.48 Å². The number of benzene rings is 1. The Morgan fingerprint density at radius 1 is 1.20 bits per heavy atom. The second kappa shape index (κ2) is 4.70. The van der Waals surface area contributed by atoms with Crippen LogP contribution in [0.3, 0.4) is 0 Å². The van der Waals surface area contributed by atoms with Crippen LogP contribution in [-0.2, 0) is 0 Å². The summed E-state index contributed by atoms with van der Waals surface area (Å²) in [6.45, 7) is 1.60. The van der Waals surface area contributed by atoms with Gasteiger partial charge < -0.3 is 9.52 Å². The molecule has 0 amide bonds. The maximum atomic E-state index is 11.8. The summed E-state index contributed by atoms with van der Waals surface area (Å²) < 4.78 is 6.63. The molecule has 0 saturated heterocycles. The Hall–Kier alpha value is -2.82. The molecule has 20 heavy (non-hydrogen) atoms. The molecule has 5 nitrogen and oxygen atoms in total. The van der Waals surface area contributed by atoms with Gasteiger partial charge in [-0.2, -0.15) is 5.10 Å². The highest BCUT2D eigenvalue weighted by molar-refractivity contribution is 5.65. The van der Waals surface area contributed by atoms with Gasteiger partial charge >= 0.3 is 5.63 Å². The zero-order valence-corrected chi connectivity index (χ0v) is 10.8. The summed E-state index contributed by atoms with van der Waals surface area (Å²) in [6.07, 6.45) is 1.73. The summed E-state index contributed by atoms with van der Waals surface area (Å²) in [7, 11) is 0. The topological polar surface area (TPSA) is 68.3 Å². The molecule has 0 aliphatic carbocycles. The van der Waals surface area contributed by atoms with Gasteiger partial charge in [0.2, 0.25) is 0 Å². The minimum absolute atomic E-state index is 0.0743. The fourth-order valence-corrected chi connectivity index (χ4v) is 2.01. The number of aromatic nitrogens is 2. The number of hydrogen-bond acceptors (Lipinski definition) is 4. The van der Waals surface area contributed by atoms with E-state index in [0.717, 1.165) is 5.69 Å². The molecule has 3 aromatic rings. The largest absolute Gasteiger partial charge is 0.507 e. The van der Waals surface area contributed by atoms with Crippen molar-refractivity contribution in [3.63, 3.8) is 0 Å². The molecule has 100 valence electrons. The first kappa shape index (κ1) is 12.2. The van der Waals surface area contributed by atoms with Crippen LogP contribution < -0.4 is 5.63 Å². The molecule has 0 aliphatic heterocycles. The van der Waals surface area contributed by atoms with E-state index < -0.39 is 5.63 Å². The highest BCUT2D eigenvalue weighted by atomic mass is 16.4. The van der Waals surface area contributed by atoms with E-state index in [4.69, 9.17) is 4.42 Å². The molecule has 0 unspecified atom stereocenters. The molecule has 2 aromatic heterocycles. The average Bonchev–Trinajstić information content (AvgIpc) is 2.88. The highest BCUT2D eigenvalue weighted by Crippen LogP contribution is 2.25. The normalized spacial score (nSPS) is 10.7. The van der Waals surface area contributed by atoms with E-state index in [2.05, 4.69) is 5.10 Å². The zero-order chi connectivity index (χ0) is 14.1. The van der Waals surface area contributed by atoms with Crippen molar-refractivity contribution in [1.82, 2.24) is 9.78 Å². The smallest absolute Gasteiger partial charge is 0.349 e. The lowest BCUT2D eigenvalue weighted by Crippen LogP contribution is -2.05. The molecule has 0 saturated carbocycles. The fourth-order valence-electron chi connectivity index (χ4n) is 2.01. The van der Waals surface area contributed by atoms with Crippen LogP contribution in [0.4, 0.5) is 0 Å². The van der Waals surface area contributed by atoms with Crippen molar-refractivity contribution in [2.75, 3.05) is 0 Å². The number of rotatable bonds is 2. The van der Waals surface area contributed by atoms with E-state index >= 15 is 0 Å². The average molecular weight is 268 g/mol. The first-order valence-electron chi connectivity index (χ1n) is 6.10. The number of para-hydroxylation sites is 1. The molecule has 0 radical (unpaired) electrons. The van der Waals surface area contributed by atoms with Gasteiger partial charge in [-0.1, -0.05) is 18.2 Å². The summed E-state index contributed by atoms with van der Waals surface area (Å²) in [5.74, 6) is 0.232. The Morgan fingerprint density at radius 3 is 2.65 bits per heavy atom.